The Balaban J connectivity index is 1.74. The van der Waals surface area contributed by atoms with Crippen LogP contribution in [0.5, 0.6) is 0 Å². The Hall–Kier alpha value is -2.51. The molecule has 0 saturated carbocycles. The Kier molecular flexibility index (Phi) is 5.05. The summed E-state index contributed by atoms with van der Waals surface area (Å²) in [6, 6.07) is 9.30. The third-order valence-corrected chi connectivity index (χ3v) is 5.34. The molecule has 0 unspecified atom stereocenters. The molecule has 0 radical (unpaired) electrons. The zero-order valence-corrected chi connectivity index (χ0v) is 15.2. The van der Waals surface area contributed by atoms with Crippen LogP contribution in [0.4, 0.5) is 5.95 Å². The standard InChI is InChI=1S/C20H24N4O3/c21-20-22-15-9-5-4-8-14(15)17(23-20)19(26)24-10-11-27-16(12-25)18(24)13-6-2-1-3-7-13/h1-3,6-7,16,18,25H,4-5,8-12H2,(H2,21,22,23)/t16-,18-/m1/s1. The minimum atomic E-state index is -0.472. The van der Waals surface area contributed by atoms with Crippen molar-refractivity contribution in [2.75, 3.05) is 25.5 Å². The average molecular weight is 368 g/mol. The summed E-state index contributed by atoms with van der Waals surface area (Å²) >= 11 is 0. The SMILES string of the molecule is Nc1nc2c(c(C(=O)N3CCO[C@H](CO)[C@H]3c3ccccc3)n1)CCCC2. The maximum absolute atomic E-state index is 13.5. The number of carbonyl (C=O) groups is 1. The van der Waals surface area contributed by atoms with E-state index in [9.17, 15) is 9.90 Å². The van der Waals surface area contributed by atoms with Crippen LogP contribution in [0.1, 0.15) is 46.2 Å². The van der Waals surface area contributed by atoms with Crippen LogP contribution < -0.4 is 5.73 Å². The second-order valence-corrected chi connectivity index (χ2v) is 7.01. The summed E-state index contributed by atoms with van der Waals surface area (Å²) in [5.74, 6) is -0.0277. The highest BCUT2D eigenvalue weighted by molar-refractivity contribution is 5.94. The first-order valence-corrected chi connectivity index (χ1v) is 9.42. The minimum Gasteiger partial charge on any atom is -0.394 e. The lowest BCUT2D eigenvalue weighted by Crippen LogP contribution is -2.50. The predicted molar refractivity (Wildman–Crippen MR) is 100 cm³/mol. The maximum atomic E-state index is 13.5. The molecule has 7 nitrogen and oxygen atoms in total. The number of aliphatic hydroxyl groups is 1. The monoisotopic (exact) mass is 368 g/mol. The number of ether oxygens (including phenoxy) is 1. The average Bonchev–Trinajstić information content (AvgIpc) is 2.72. The van der Waals surface area contributed by atoms with Crippen molar-refractivity contribution >= 4 is 11.9 Å². The molecule has 1 amide bonds. The number of hydrogen-bond donors (Lipinski definition) is 2. The van der Waals surface area contributed by atoms with Gasteiger partial charge in [0.1, 0.15) is 11.8 Å². The molecule has 0 spiro atoms. The fourth-order valence-corrected chi connectivity index (χ4v) is 4.08. The molecule has 0 bridgehead atoms. The van der Waals surface area contributed by atoms with Gasteiger partial charge in [0.25, 0.3) is 5.91 Å². The Morgan fingerprint density at radius 2 is 2.00 bits per heavy atom. The molecule has 2 heterocycles. The van der Waals surface area contributed by atoms with Crippen molar-refractivity contribution in [2.24, 2.45) is 0 Å². The number of carbonyl (C=O) groups excluding carboxylic acids is 1. The Bertz CT molecular complexity index is 827. The zero-order valence-electron chi connectivity index (χ0n) is 15.2. The van der Waals surface area contributed by atoms with Crippen molar-refractivity contribution in [3.63, 3.8) is 0 Å². The Morgan fingerprint density at radius 3 is 2.78 bits per heavy atom. The fourth-order valence-electron chi connectivity index (χ4n) is 4.08. The number of anilines is 1. The van der Waals surface area contributed by atoms with Crippen LogP contribution in [0.2, 0.25) is 0 Å². The van der Waals surface area contributed by atoms with E-state index in [1.807, 2.05) is 30.3 Å². The van der Waals surface area contributed by atoms with Crippen LogP contribution in [-0.2, 0) is 17.6 Å². The van der Waals surface area contributed by atoms with E-state index >= 15 is 0 Å². The van der Waals surface area contributed by atoms with Gasteiger partial charge in [-0.25, -0.2) is 9.97 Å². The summed E-state index contributed by atoms with van der Waals surface area (Å²) in [6.07, 6.45) is 3.21. The number of rotatable bonds is 3. The fraction of sp³-hybridized carbons (Fsp3) is 0.450. The normalized spacial score (nSPS) is 22.3. The highest BCUT2D eigenvalue weighted by atomic mass is 16.5. The molecule has 2 aliphatic rings. The van der Waals surface area contributed by atoms with Gasteiger partial charge in [0, 0.05) is 17.8 Å². The van der Waals surface area contributed by atoms with Crippen LogP contribution >= 0.6 is 0 Å². The Labute approximate surface area is 158 Å². The minimum absolute atomic E-state index is 0.141. The van der Waals surface area contributed by atoms with E-state index in [0.29, 0.717) is 18.8 Å². The first-order valence-electron chi connectivity index (χ1n) is 9.42. The molecule has 1 aliphatic carbocycles. The molecule has 1 aromatic heterocycles. The third-order valence-electron chi connectivity index (χ3n) is 5.34. The summed E-state index contributed by atoms with van der Waals surface area (Å²) < 4.78 is 5.75. The molecule has 2 atom stereocenters. The number of nitrogen functional groups attached to an aromatic ring is 1. The largest absolute Gasteiger partial charge is 0.394 e. The maximum Gasteiger partial charge on any atom is 0.273 e. The smallest absolute Gasteiger partial charge is 0.273 e. The van der Waals surface area contributed by atoms with E-state index in [2.05, 4.69) is 9.97 Å². The van der Waals surface area contributed by atoms with Gasteiger partial charge in [-0.3, -0.25) is 4.79 Å². The number of morpholine rings is 1. The van der Waals surface area contributed by atoms with E-state index in [1.165, 1.54) is 0 Å². The molecular formula is C20H24N4O3. The lowest BCUT2D eigenvalue weighted by atomic mass is 9.93. The first kappa shape index (κ1) is 17.9. The van der Waals surface area contributed by atoms with E-state index in [4.69, 9.17) is 10.5 Å². The van der Waals surface area contributed by atoms with E-state index in [-0.39, 0.29) is 24.5 Å². The number of aliphatic hydroxyl groups excluding tert-OH is 1. The number of nitrogens with two attached hydrogens (primary N) is 1. The number of amides is 1. The predicted octanol–water partition coefficient (Wildman–Crippen LogP) is 1.51. The molecule has 1 fully saturated rings. The Morgan fingerprint density at radius 1 is 1.22 bits per heavy atom. The van der Waals surface area contributed by atoms with Crippen LogP contribution in [-0.4, -0.2) is 51.7 Å². The number of nitrogens with zero attached hydrogens (tertiary/aromatic N) is 3. The van der Waals surface area contributed by atoms with Gasteiger partial charge in [-0.2, -0.15) is 0 Å². The lowest BCUT2D eigenvalue weighted by Gasteiger charge is -2.41. The molecule has 1 aromatic carbocycles. The summed E-state index contributed by atoms with van der Waals surface area (Å²) in [5, 5.41) is 9.82. The van der Waals surface area contributed by atoms with E-state index < -0.39 is 6.10 Å². The van der Waals surface area contributed by atoms with Gasteiger partial charge in [-0.05, 0) is 31.2 Å². The van der Waals surface area contributed by atoms with Gasteiger partial charge >= 0.3 is 0 Å². The van der Waals surface area contributed by atoms with Gasteiger partial charge in [-0.15, -0.1) is 0 Å². The second kappa shape index (κ2) is 7.62. The van der Waals surface area contributed by atoms with Crippen molar-refractivity contribution in [1.82, 2.24) is 14.9 Å². The van der Waals surface area contributed by atoms with Gasteiger partial charge in [0.2, 0.25) is 5.95 Å². The quantitative estimate of drug-likeness (QED) is 0.852. The summed E-state index contributed by atoms with van der Waals surface area (Å²) in [7, 11) is 0. The number of fused-ring (bicyclic) bond motifs is 1. The number of aromatic nitrogens is 2. The second-order valence-electron chi connectivity index (χ2n) is 7.01. The van der Waals surface area contributed by atoms with Crippen LogP contribution in [0.15, 0.2) is 30.3 Å². The van der Waals surface area contributed by atoms with E-state index in [0.717, 1.165) is 42.5 Å². The lowest BCUT2D eigenvalue weighted by molar-refractivity contribution is -0.0813. The van der Waals surface area contributed by atoms with Gasteiger partial charge in [-0.1, -0.05) is 30.3 Å². The van der Waals surface area contributed by atoms with Crippen LogP contribution in [0, 0.1) is 0 Å². The van der Waals surface area contributed by atoms with Crippen molar-refractivity contribution in [1.29, 1.82) is 0 Å². The summed E-state index contributed by atoms with van der Waals surface area (Å²) in [4.78, 5) is 23.9. The topological polar surface area (TPSA) is 102 Å². The third kappa shape index (κ3) is 3.40. The molecule has 1 saturated heterocycles. The summed E-state index contributed by atoms with van der Waals surface area (Å²) in [5.41, 5.74) is 9.03. The number of aryl methyl sites for hydroxylation is 1. The summed E-state index contributed by atoms with van der Waals surface area (Å²) in [6.45, 7) is 0.657. The number of hydrogen-bond acceptors (Lipinski definition) is 6. The molecule has 2 aromatic rings. The van der Waals surface area contributed by atoms with Crippen molar-refractivity contribution in [2.45, 2.75) is 37.8 Å². The molecule has 3 N–H and O–H groups in total. The molecule has 7 heteroatoms. The van der Waals surface area contributed by atoms with E-state index in [1.54, 1.807) is 4.90 Å². The van der Waals surface area contributed by atoms with Crippen LogP contribution in [0.25, 0.3) is 0 Å². The van der Waals surface area contributed by atoms with Gasteiger partial charge < -0.3 is 20.5 Å². The molecular weight excluding hydrogens is 344 g/mol. The zero-order chi connectivity index (χ0) is 18.8. The van der Waals surface area contributed by atoms with Crippen molar-refractivity contribution in [3.8, 4) is 0 Å². The molecule has 142 valence electrons. The highest BCUT2D eigenvalue weighted by Crippen LogP contribution is 2.32. The highest BCUT2D eigenvalue weighted by Gasteiger charge is 2.38. The number of benzene rings is 1. The van der Waals surface area contributed by atoms with Crippen molar-refractivity contribution in [3.05, 3.63) is 52.8 Å². The molecule has 27 heavy (non-hydrogen) atoms. The van der Waals surface area contributed by atoms with Gasteiger partial charge in [0.15, 0.2) is 0 Å². The van der Waals surface area contributed by atoms with Gasteiger partial charge in [0.05, 0.1) is 19.3 Å². The van der Waals surface area contributed by atoms with Crippen LogP contribution in [0.3, 0.4) is 0 Å². The molecule has 4 rings (SSSR count). The van der Waals surface area contributed by atoms with Crippen molar-refractivity contribution < 1.29 is 14.6 Å². The molecule has 1 aliphatic heterocycles. The first-order chi connectivity index (χ1) is 13.2.